The number of benzene rings is 1. The maximum Gasteiger partial charge on any atom is 0.416 e. The number of carbonyl (C=O) groups is 2. The number of likely N-dealkylation sites (tertiary alicyclic amines) is 1. The molecule has 3 aromatic heterocycles. The molecule has 0 aliphatic carbocycles. The minimum Gasteiger partial charge on any atom is -0.369 e. The molecule has 0 saturated carbocycles. The van der Waals surface area contributed by atoms with Crippen LogP contribution < -0.4 is 5.73 Å². The normalized spacial score (nSPS) is 14.5. The zero-order chi connectivity index (χ0) is 27.6. The Morgan fingerprint density at radius 1 is 1.10 bits per heavy atom. The third kappa shape index (κ3) is 5.96. The number of nitrogens with zero attached hydrogens (tertiary/aromatic N) is 6. The summed E-state index contributed by atoms with van der Waals surface area (Å²) < 4.78 is 41.9. The van der Waals surface area contributed by atoms with Gasteiger partial charge in [-0.25, -0.2) is 4.98 Å². The maximum absolute atomic E-state index is 13.4. The number of hydrogen-bond acceptors (Lipinski definition) is 8. The molecule has 2 N–H and O–H groups in total. The number of thiazole rings is 1. The first-order chi connectivity index (χ1) is 18.7. The molecule has 1 fully saturated rings. The van der Waals surface area contributed by atoms with Crippen molar-refractivity contribution in [1.29, 1.82) is 0 Å². The number of amides is 2. The Bertz CT molecular complexity index is 1480. The highest BCUT2D eigenvalue weighted by Gasteiger charge is 2.31. The van der Waals surface area contributed by atoms with E-state index in [0.717, 1.165) is 12.1 Å². The first-order valence-electron chi connectivity index (χ1n) is 11.9. The van der Waals surface area contributed by atoms with Gasteiger partial charge in [-0.1, -0.05) is 17.8 Å². The molecule has 1 aliphatic rings. The number of halogens is 3. The number of thioether (sulfide) groups is 1. The van der Waals surface area contributed by atoms with E-state index in [4.69, 9.17) is 5.73 Å². The van der Waals surface area contributed by atoms with Crippen molar-refractivity contribution in [2.75, 3.05) is 13.1 Å². The molecule has 0 radical (unpaired) electrons. The lowest BCUT2D eigenvalue weighted by atomic mass is 9.96. The fraction of sp³-hybridized carbons (Fsp3) is 0.280. The van der Waals surface area contributed by atoms with Crippen LogP contribution in [0.5, 0.6) is 0 Å². The minimum atomic E-state index is -4.51. The third-order valence-electron chi connectivity index (χ3n) is 6.28. The lowest BCUT2D eigenvalue weighted by Gasteiger charge is -2.30. The highest BCUT2D eigenvalue weighted by atomic mass is 32.2. The molecule has 0 bridgehead atoms. The third-order valence-corrected chi connectivity index (χ3v) is 8.26. The quantitative estimate of drug-likeness (QED) is 0.325. The molecule has 1 aromatic carbocycles. The molecule has 202 valence electrons. The number of nitrogens with two attached hydrogens (primary N) is 1. The van der Waals surface area contributed by atoms with Crippen molar-refractivity contribution in [1.82, 2.24) is 29.6 Å². The van der Waals surface area contributed by atoms with E-state index in [2.05, 4.69) is 20.2 Å². The smallest absolute Gasteiger partial charge is 0.369 e. The SMILES string of the molecule is NC(=O)C1CCN(C(=O)c2csc(CSc3nnc(-c4ccncc4)n3-c3cccc(C(F)(F)F)c3)n2)CC1. The maximum atomic E-state index is 13.4. The molecular formula is C25H22F3N7O2S2. The van der Waals surface area contributed by atoms with E-state index >= 15 is 0 Å². The first kappa shape index (κ1) is 26.8. The van der Waals surface area contributed by atoms with Gasteiger partial charge >= 0.3 is 6.18 Å². The van der Waals surface area contributed by atoms with E-state index in [-0.39, 0.29) is 23.4 Å². The second-order valence-corrected chi connectivity index (χ2v) is 10.7. The fourth-order valence-corrected chi connectivity index (χ4v) is 5.97. The van der Waals surface area contributed by atoms with Crippen LogP contribution in [-0.2, 0) is 16.7 Å². The number of aromatic nitrogens is 5. The van der Waals surface area contributed by atoms with Crippen LogP contribution in [0.15, 0.2) is 59.3 Å². The number of piperidine rings is 1. The van der Waals surface area contributed by atoms with Crippen molar-refractivity contribution >= 4 is 34.9 Å². The van der Waals surface area contributed by atoms with Crippen LogP contribution >= 0.6 is 23.1 Å². The van der Waals surface area contributed by atoms with Gasteiger partial charge in [0.25, 0.3) is 5.91 Å². The van der Waals surface area contributed by atoms with Gasteiger partial charge in [0.2, 0.25) is 5.91 Å². The average molecular weight is 574 g/mol. The molecule has 0 unspecified atom stereocenters. The van der Waals surface area contributed by atoms with Gasteiger partial charge in [-0.15, -0.1) is 21.5 Å². The summed E-state index contributed by atoms with van der Waals surface area (Å²) in [5.41, 5.74) is 5.80. The Kier molecular flexibility index (Phi) is 7.66. The van der Waals surface area contributed by atoms with Crippen LogP contribution in [0.2, 0.25) is 0 Å². The molecule has 39 heavy (non-hydrogen) atoms. The van der Waals surface area contributed by atoms with Crippen molar-refractivity contribution < 1.29 is 22.8 Å². The number of hydrogen-bond donors (Lipinski definition) is 1. The van der Waals surface area contributed by atoms with E-state index in [1.165, 1.54) is 29.2 Å². The van der Waals surface area contributed by atoms with E-state index < -0.39 is 11.7 Å². The summed E-state index contributed by atoms with van der Waals surface area (Å²) >= 11 is 2.56. The molecule has 9 nitrogen and oxygen atoms in total. The molecule has 5 rings (SSSR count). The van der Waals surface area contributed by atoms with E-state index in [9.17, 15) is 22.8 Å². The van der Waals surface area contributed by atoms with Crippen LogP contribution in [0.3, 0.4) is 0 Å². The second-order valence-electron chi connectivity index (χ2n) is 8.81. The topological polar surface area (TPSA) is 120 Å². The number of rotatable bonds is 7. The molecule has 1 aliphatic heterocycles. The Morgan fingerprint density at radius 3 is 2.54 bits per heavy atom. The predicted molar refractivity (Wildman–Crippen MR) is 139 cm³/mol. The zero-order valence-electron chi connectivity index (χ0n) is 20.3. The standard InChI is InChI=1S/C25H22F3N7O2S2/c26-25(27,28)17-2-1-3-18(12-17)35-22(16-4-8-30-9-5-16)32-33-24(35)39-14-20-31-19(13-38-20)23(37)34-10-6-15(7-11-34)21(29)36/h1-5,8-9,12-13,15H,6-7,10-11,14H2,(H2,29,36). The predicted octanol–water partition coefficient (Wildman–Crippen LogP) is 4.43. The van der Waals surface area contributed by atoms with Crippen molar-refractivity contribution in [2.24, 2.45) is 11.7 Å². The highest BCUT2D eigenvalue weighted by molar-refractivity contribution is 7.98. The molecule has 4 aromatic rings. The van der Waals surface area contributed by atoms with Gasteiger partial charge in [0.15, 0.2) is 11.0 Å². The molecule has 4 heterocycles. The Morgan fingerprint density at radius 2 is 1.85 bits per heavy atom. The van der Waals surface area contributed by atoms with Gasteiger partial charge in [-0.3, -0.25) is 19.1 Å². The summed E-state index contributed by atoms with van der Waals surface area (Å²) in [5.74, 6) is -0.0799. The lowest BCUT2D eigenvalue weighted by molar-refractivity contribution is -0.137. The zero-order valence-corrected chi connectivity index (χ0v) is 22.0. The summed E-state index contributed by atoms with van der Waals surface area (Å²) in [7, 11) is 0. The van der Waals surface area contributed by atoms with E-state index in [1.807, 2.05) is 0 Å². The van der Waals surface area contributed by atoms with Gasteiger partial charge in [-0.2, -0.15) is 13.2 Å². The number of primary amides is 1. The van der Waals surface area contributed by atoms with E-state index in [0.29, 0.717) is 58.9 Å². The monoisotopic (exact) mass is 573 g/mol. The van der Waals surface area contributed by atoms with Gasteiger partial charge in [-0.05, 0) is 43.2 Å². The first-order valence-corrected chi connectivity index (χ1v) is 13.8. The van der Waals surface area contributed by atoms with Crippen LogP contribution in [0.4, 0.5) is 13.2 Å². The highest BCUT2D eigenvalue weighted by Crippen LogP contribution is 2.34. The van der Waals surface area contributed by atoms with Crippen molar-refractivity contribution in [3.8, 4) is 17.1 Å². The van der Waals surface area contributed by atoms with Crippen LogP contribution in [0.25, 0.3) is 17.1 Å². The number of alkyl halides is 3. The minimum absolute atomic E-state index is 0.211. The lowest BCUT2D eigenvalue weighted by Crippen LogP contribution is -2.41. The van der Waals surface area contributed by atoms with Gasteiger partial charge in [0.1, 0.15) is 10.7 Å². The number of carbonyl (C=O) groups excluding carboxylic acids is 2. The largest absolute Gasteiger partial charge is 0.416 e. The summed E-state index contributed by atoms with van der Waals surface area (Å²) in [4.78, 5) is 34.4. The van der Waals surface area contributed by atoms with Crippen LogP contribution in [0, 0.1) is 5.92 Å². The van der Waals surface area contributed by atoms with Gasteiger partial charge in [0.05, 0.1) is 17.0 Å². The summed E-state index contributed by atoms with van der Waals surface area (Å²) in [5, 5.41) is 11.2. The molecule has 1 saturated heterocycles. The Hall–Kier alpha value is -3.78. The molecule has 2 amide bonds. The van der Waals surface area contributed by atoms with Gasteiger partial charge in [0, 0.05) is 42.3 Å². The second kappa shape index (κ2) is 11.1. The molecule has 0 atom stereocenters. The molecular weight excluding hydrogens is 551 g/mol. The summed E-state index contributed by atoms with van der Waals surface area (Å²) in [6.07, 6.45) is -0.319. The number of pyridine rings is 1. The van der Waals surface area contributed by atoms with Crippen molar-refractivity contribution in [3.63, 3.8) is 0 Å². The Labute approximate surface area is 229 Å². The van der Waals surface area contributed by atoms with E-state index in [1.54, 1.807) is 45.4 Å². The van der Waals surface area contributed by atoms with Crippen LogP contribution in [0.1, 0.15) is 33.9 Å². The van der Waals surface area contributed by atoms with Crippen molar-refractivity contribution in [3.05, 3.63) is 70.4 Å². The molecule has 14 heteroatoms. The fourth-order valence-electron chi connectivity index (χ4n) is 4.24. The summed E-state index contributed by atoms with van der Waals surface area (Å²) in [6.45, 7) is 0.873. The van der Waals surface area contributed by atoms with Crippen LogP contribution in [-0.4, -0.2) is 54.5 Å². The Balaban J connectivity index is 1.36. The van der Waals surface area contributed by atoms with Crippen molar-refractivity contribution in [2.45, 2.75) is 29.9 Å². The van der Waals surface area contributed by atoms with Gasteiger partial charge < -0.3 is 10.6 Å². The average Bonchev–Trinajstić information content (AvgIpc) is 3.59. The molecule has 0 spiro atoms. The summed E-state index contributed by atoms with van der Waals surface area (Å²) in [6, 6.07) is 8.38.